The smallest absolute Gasteiger partial charge is 0.407 e. The topological polar surface area (TPSA) is 124 Å². The van der Waals surface area contributed by atoms with Gasteiger partial charge in [0.25, 0.3) is 5.91 Å². The standard InChI is InChI=1S/C23H37N3O7/c1-7-30-17-14-16(15-18(31-8-2)20(17)32-9-3)21(28)25-13-12-24-19(27)10-11-26-22(29)33-23(4,5)6/h14-15H,7-13H2,1-6H3,(H,24,27)(H,25,28)(H,26,29). The van der Waals surface area contributed by atoms with Gasteiger partial charge in [0.15, 0.2) is 11.5 Å². The molecule has 33 heavy (non-hydrogen) atoms. The van der Waals surface area contributed by atoms with Crippen LogP contribution in [-0.4, -0.2) is 63.0 Å². The molecular formula is C23H37N3O7. The van der Waals surface area contributed by atoms with E-state index in [9.17, 15) is 14.4 Å². The minimum Gasteiger partial charge on any atom is -0.490 e. The van der Waals surface area contributed by atoms with Gasteiger partial charge in [-0.15, -0.1) is 0 Å². The van der Waals surface area contributed by atoms with Crippen LogP contribution in [0.5, 0.6) is 17.2 Å². The molecule has 3 amide bonds. The van der Waals surface area contributed by atoms with Crippen LogP contribution >= 0.6 is 0 Å². The van der Waals surface area contributed by atoms with E-state index in [1.807, 2.05) is 20.8 Å². The van der Waals surface area contributed by atoms with Crippen molar-refractivity contribution in [2.24, 2.45) is 0 Å². The maximum Gasteiger partial charge on any atom is 0.407 e. The van der Waals surface area contributed by atoms with Crippen LogP contribution in [0.15, 0.2) is 12.1 Å². The van der Waals surface area contributed by atoms with Crippen LogP contribution in [0.2, 0.25) is 0 Å². The van der Waals surface area contributed by atoms with Gasteiger partial charge in [-0.3, -0.25) is 9.59 Å². The Morgan fingerprint density at radius 3 is 1.85 bits per heavy atom. The fourth-order valence-electron chi connectivity index (χ4n) is 2.68. The second kappa shape index (κ2) is 14.1. The summed E-state index contributed by atoms with van der Waals surface area (Å²) < 4.78 is 22.0. The van der Waals surface area contributed by atoms with Crippen molar-refractivity contribution in [3.05, 3.63) is 17.7 Å². The summed E-state index contributed by atoms with van der Waals surface area (Å²) in [4.78, 5) is 36.0. The number of hydrogen-bond donors (Lipinski definition) is 3. The molecule has 0 fully saturated rings. The highest BCUT2D eigenvalue weighted by molar-refractivity contribution is 5.95. The van der Waals surface area contributed by atoms with Crippen LogP contribution in [-0.2, 0) is 9.53 Å². The molecule has 0 aliphatic heterocycles. The average molecular weight is 468 g/mol. The van der Waals surface area contributed by atoms with Gasteiger partial charge in [0, 0.05) is 31.6 Å². The Morgan fingerprint density at radius 2 is 1.33 bits per heavy atom. The van der Waals surface area contributed by atoms with Crippen molar-refractivity contribution < 1.29 is 33.3 Å². The Bertz CT molecular complexity index is 764. The Balaban J connectivity index is 2.53. The monoisotopic (exact) mass is 467 g/mol. The molecule has 0 unspecified atom stereocenters. The van der Waals surface area contributed by atoms with E-state index >= 15 is 0 Å². The minimum absolute atomic E-state index is 0.0987. The second-order valence-electron chi connectivity index (χ2n) is 7.89. The normalized spacial score (nSPS) is 10.7. The van der Waals surface area contributed by atoms with Crippen molar-refractivity contribution in [2.75, 3.05) is 39.5 Å². The number of nitrogens with one attached hydrogen (secondary N) is 3. The van der Waals surface area contributed by atoms with Gasteiger partial charge in [0.2, 0.25) is 11.7 Å². The van der Waals surface area contributed by atoms with Gasteiger partial charge in [-0.25, -0.2) is 4.79 Å². The first-order chi connectivity index (χ1) is 15.6. The molecule has 1 aromatic rings. The maximum atomic E-state index is 12.6. The summed E-state index contributed by atoms with van der Waals surface area (Å²) in [5, 5.41) is 7.95. The predicted molar refractivity (Wildman–Crippen MR) is 124 cm³/mol. The molecule has 0 radical (unpaired) electrons. The van der Waals surface area contributed by atoms with Gasteiger partial charge in [-0.2, -0.15) is 0 Å². The molecule has 0 aliphatic rings. The Hall–Kier alpha value is -3.17. The molecule has 0 atom stereocenters. The van der Waals surface area contributed by atoms with Crippen molar-refractivity contribution in [1.29, 1.82) is 0 Å². The van der Waals surface area contributed by atoms with E-state index in [-0.39, 0.29) is 37.9 Å². The molecule has 0 saturated heterocycles. The van der Waals surface area contributed by atoms with Crippen LogP contribution in [0.25, 0.3) is 0 Å². The summed E-state index contributed by atoms with van der Waals surface area (Å²) in [6, 6.07) is 3.21. The number of carbonyl (C=O) groups is 3. The van der Waals surface area contributed by atoms with E-state index in [1.54, 1.807) is 32.9 Å². The van der Waals surface area contributed by atoms with Crippen molar-refractivity contribution in [3.8, 4) is 17.2 Å². The van der Waals surface area contributed by atoms with Crippen molar-refractivity contribution >= 4 is 17.9 Å². The fourth-order valence-corrected chi connectivity index (χ4v) is 2.68. The summed E-state index contributed by atoms with van der Waals surface area (Å²) in [6.45, 7) is 12.7. The van der Waals surface area contributed by atoms with Crippen LogP contribution in [0, 0.1) is 0 Å². The molecule has 0 heterocycles. The molecule has 3 N–H and O–H groups in total. The number of amides is 3. The highest BCUT2D eigenvalue weighted by atomic mass is 16.6. The van der Waals surface area contributed by atoms with E-state index in [0.29, 0.717) is 42.6 Å². The molecule has 0 spiro atoms. The molecule has 10 heteroatoms. The Labute approximate surface area is 195 Å². The van der Waals surface area contributed by atoms with Gasteiger partial charge < -0.3 is 34.9 Å². The third-order valence-corrected chi connectivity index (χ3v) is 3.92. The SMILES string of the molecule is CCOc1cc(C(=O)NCCNC(=O)CCNC(=O)OC(C)(C)C)cc(OCC)c1OCC. The lowest BCUT2D eigenvalue weighted by atomic mass is 10.1. The van der Waals surface area contributed by atoms with Gasteiger partial charge in [0.1, 0.15) is 5.60 Å². The highest BCUT2D eigenvalue weighted by Gasteiger charge is 2.18. The van der Waals surface area contributed by atoms with E-state index in [2.05, 4.69) is 16.0 Å². The van der Waals surface area contributed by atoms with E-state index in [4.69, 9.17) is 18.9 Å². The van der Waals surface area contributed by atoms with E-state index in [0.717, 1.165) is 0 Å². The lowest BCUT2D eigenvalue weighted by molar-refractivity contribution is -0.120. The average Bonchev–Trinajstić information content (AvgIpc) is 2.72. The third kappa shape index (κ3) is 10.8. The van der Waals surface area contributed by atoms with E-state index in [1.165, 1.54) is 0 Å². The summed E-state index contributed by atoms with van der Waals surface area (Å²) in [5.74, 6) is 0.743. The number of benzene rings is 1. The van der Waals surface area contributed by atoms with Crippen molar-refractivity contribution in [1.82, 2.24) is 16.0 Å². The van der Waals surface area contributed by atoms with Crippen LogP contribution in [0.3, 0.4) is 0 Å². The minimum atomic E-state index is -0.596. The number of ether oxygens (including phenoxy) is 4. The molecule has 10 nitrogen and oxygen atoms in total. The molecule has 0 bridgehead atoms. The number of rotatable bonds is 13. The fraction of sp³-hybridized carbons (Fsp3) is 0.609. The Morgan fingerprint density at radius 1 is 0.788 bits per heavy atom. The lowest BCUT2D eigenvalue weighted by Gasteiger charge is -2.19. The highest BCUT2D eigenvalue weighted by Crippen LogP contribution is 2.39. The summed E-state index contributed by atoms with van der Waals surface area (Å²) in [5.41, 5.74) is -0.237. The second-order valence-corrected chi connectivity index (χ2v) is 7.89. The predicted octanol–water partition coefficient (Wildman–Crippen LogP) is 2.64. The largest absolute Gasteiger partial charge is 0.490 e. The molecule has 1 aromatic carbocycles. The zero-order valence-electron chi connectivity index (χ0n) is 20.5. The van der Waals surface area contributed by atoms with Gasteiger partial charge in [-0.1, -0.05) is 0 Å². The molecule has 1 rings (SSSR count). The number of carbonyl (C=O) groups excluding carboxylic acids is 3. The van der Waals surface area contributed by atoms with Crippen LogP contribution < -0.4 is 30.2 Å². The van der Waals surface area contributed by atoms with Gasteiger partial charge in [0.05, 0.1) is 19.8 Å². The molecule has 0 aliphatic carbocycles. The molecule has 0 saturated carbocycles. The van der Waals surface area contributed by atoms with Crippen molar-refractivity contribution in [2.45, 2.75) is 53.6 Å². The van der Waals surface area contributed by atoms with Crippen molar-refractivity contribution in [3.63, 3.8) is 0 Å². The van der Waals surface area contributed by atoms with Crippen LogP contribution in [0.1, 0.15) is 58.3 Å². The molecule has 0 aromatic heterocycles. The quantitative estimate of drug-likeness (QED) is 0.381. The zero-order valence-corrected chi connectivity index (χ0v) is 20.5. The van der Waals surface area contributed by atoms with Gasteiger partial charge in [-0.05, 0) is 53.7 Å². The summed E-state index contributed by atoms with van der Waals surface area (Å²) in [6.07, 6.45) is -0.475. The lowest BCUT2D eigenvalue weighted by Crippen LogP contribution is -2.37. The van der Waals surface area contributed by atoms with E-state index < -0.39 is 11.7 Å². The number of hydrogen-bond acceptors (Lipinski definition) is 7. The zero-order chi connectivity index (χ0) is 24.9. The van der Waals surface area contributed by atoms with Crippen LogP contribution in [0.4, 0.5) is 4.79 Å². The first-order valence-corrected chi connectivity index (χ1v) is 11.2. The van der Waals surface area contributed by atoms with Gasteiger partial charge >= 0.3 is 6.09 Å². The third-order valence-electron chi connectivity index (χ3n) is 3.92. The Kier molecular flexibility index (Phi) is 11.9. The maximum absolute atomic E-state index is 12.6. The first kappa shape index (κ1) is 27.9. The number of alkyl carbamates (subject to hydrolysis) is 1. The first-order valence-electron chi connectivity index (χ1n) is 11.2. The molecular weight excluding hydrogens is 430 g/mol. The summed E-state index contributed by atoms with van der Waals surface area (Å²) >= 11 is 0. The summed E-state index contributed by atoms with van der Waals surface area (Å²) in [7, 11) is 0. The molecule has 186 valence electrons.